The first-order valence-electron chi connectivity index (χ1n) is 28.7. The van der Waals surface area contributed by atoms with Gasteiger partial charge in [-0.25, -0.2) is 14.4 Å². The number of nitrogens with one attached hydrogen (secondary N) is 4. The quantitative estimate of drug-likeness (QED) is 0.0429. The van der Waals surface area contributed by atoms with Crippen molar-refractivity contribution in [1.29, 1.82) is 0 Å². The maximum Gasteiger partial charge on any atom is 0.373 e. The number of carboxylic acids is 6. The molecule has 2 aromatic rings. The molecule has 0 bridgehead atoms. The predicted molar refractivity (Wildman–Crippen MR) is 304 cm³/mol. The molecule has 3 heterocycles. The summed E-state index contributed by atoms with van der Waals surface area (Å²) in [5.74, 6) is -5.21. The summed E-state index contributed by atoms with van der Waals surface area (Å²) >= 11 is 0. The zero-order chi connectivity index (χ0) is 61.8. The maximum atomic E-state index is 12.3. The van der Waals surface area contributed by atoms with Crippen LogP contribution >= 0.6 is 0 Å². The molecule has 0 aliphatic carbocycles. The van der Waals surface area contributed by atoms with E-state index in [9.17, 15) is 63.9 Å². The van der Waals surface area contributed by atoms with Crippen molar-refractivity contribution in [3.05, 3.63) is 41.2 Å². The zero-order valence-corrected chi connectivity index (χ0v) is 48.5. The average Bonchev–Trinajstić information content (AvgIpc) is 3.60. The van der Waals surface area contributed by atoms with Crippen LogP contribution in [0.1, 0.15) is 107 Å². The van der Waals surface area contributed by atoms with Gasteiger partial charge in [-0.15, -0.1) is 0 Å². The van der Waals surface area contributed by atoms with Gasteiger partial charge in [0.15, 0.2) is 0 Å². The van der Waals surface area contributed by atoms with Crippen LogP contribution in [0.4, 0.5) is 16.7 Å². The second-order valence-corrected chi connectivity index (χ2v) is 21.1. The topological polar surface area (TPSA) is 398 Å². The number of hydrogen-bond acceptors (Lipinski definition) is 20. The minimum Gasteiger partial charge on any atom is -0.481 e. The van der Waals surface area contributed by atoms with Gasteiger partial charge >= 0.3 is 48.0 Å². The molecule has 1 aromatic carbocycles. The van der Waals surface area contributed by atoms with Crippen molar-refractivity contribution in [2.75, 3.05) is 129 Å². The lowest BCUT2D eigenvalue weighted by Gasteiger charge is -2.37. The Hall–Kier alpha value is -7.43. The molecule has 1 unspecified atom stereocenters. The van der Waals surface area contributed by atoms with Crippen molar-refractivity contribution >= 4 is 65.8 Å². The monoisotopic (exact) mass is 1190 g/mol. The van der Waals surface area contributed by atoms with E-state index in [1.54, 1.807) is 16.8 Å². The molecule has 3 amide bonds. The van der Waals surface area contributed by atoms with Gasteiger partial charge < -0.3 is 61.7 Å². The molecular weight excluding hydrogens is 1100 g/mol. The second kappa shape index (κ2) is 39.9. The number of carbonyl (C=O) groups is 8. The van der Waals surface area contributed by atoms with E-state index in [1.165, 1.54) is 0 Å². The average molecular weight is 1190 g/mol. The molecular formula is C55H87N13O16. The van der Waals surface area contributed by atoms with Crippen molar-refractivity contribution < 1.29 is 78.6 Å². The lowest BCUT2D eigenvalue weighted by Crippen LogP contribution is -2.52. The first-order chi connectivity index (χ1) is 40.2. The van der Waals surface area contributed by atoms with Crippen molar-refractivity contribution in [2.24, 2.45) is 0 Å². The number of nitrogens with zero attached hydrogens (tertiary/aromatic N) is 9. The fourth-order valence-corrected chi connectivity index (χ4v) is 9.88. The zero-order valence-electron chi connectivity index (χ0n) is 48.5. The first kappa shape index (κ1) is 70.8. The molecule has 29 heteroatoms. The molecule has 4 rings (SSSR count). The summed E-state index contributed by atoms with van der Waals surface area (Å²) in [6.07, 6.45) is 10.2. The van der Waals surface area contributed by atoms with Crippen molar-refractivity contribution in [3.8, 4) is 0 Å². The summed E-state index contributed by atoms with van der Waals surface area (Å²) in [6, 6.07) is 4.14. The molecule has 3 atom stereocenters. The molecule has 0 spiro atoms. The Morgan fingerprint density at radius 1 is 0.583 bits per heavy atom. The summed E-state index contributed by atoms with van der Waals surface area (Å²) in [5.41, 5.74) is 2.01. The van der Waals surface area contributed by atoms with Crippen LogP contribution in [0.15, 0.2) is 24.3 Å². The highest BCUT2D eigenvalue weighted by Gasteiger charge is 2.28. The van der Waals surface area contributed by atoms with Gasteiger partial charge in [0.05, 0.1) is 19.6 Å². The van der Waals surface area contributed by atoms with E-state index >= 15 is 0 Å². The van der Waals surface area contributed by atoms with Crippen LogP contribution in [0.25, 0.3) is 0 Å². The third kappa shape index (κ3) is 30.2. The van der Waals surface area contributed by atoms with Gasteiger partial charge in [-0.3, -0.25) is 43.6 Å². The fourth-order valence-electron chi connectivity index (χ4n) is 9.88. The SMILES string of the molecule is CNc1nc(Cc2ccc(CC3CN(C)CCN(CC(=O)O)CCN(CC(=O)O)CCN3CC(=O)O)cc2)nc(N2CCN(CCCCCCCCCCC(=O)NCCCC[C@H](NC(=O)N[C@@H](CCC(=O)O)C(=O)O)C(=O)O)CC2)n1.O=C=O. The molecule has 0 saturated carbocycles. The van der Waals surface area contributed by atoms with E-state index in [0.717, 1.165) is 95.2 Å². The number of piperazine rings is 1. The number of anilines is 2. The molecule has 2 aliphatic rings. The van der Waals surface area contributed by atoms with Gasteiger partial charge in [0.25, 0.3) is 0 Å². The van der Waals surface area contributed by atoms with Crippen LogP contribution in [0.3, 0.4) is 0 Å². The number of carbonyl (C=O) groups excluding carboxylic acids is 4. The molecule has 0 radical (unpaired) electrons. The molecule has 10 N–H and O–H groups in total. The van der Waals surface area contributed by atoms with E-state index in [4.69, 9.17) is 24.7 Å². The molecule has 468 valence electrons. The Labute approximate surface area is 489 Å². The van der Waals surface area contributed by atoms with E-state index in [2.05, 4.69) is 41.0 Å². The first-order valence-corrected chi connectivity index (χ1v) is 28.7. The van der Waals surface area contributed by atoms with Crippen molar-refractivity contribution in [2.45, 2.75) is 121 Å². The highest BCUT2D eigenvalue weighted by Crippen LogP contribution is 2.19. The predicted octanol–water partition coefficient (Wildman–Crippen LogP) is 0.927. The molecule has 2 fully saturated rings. The Kier molecular flexibility index (Phi) is 33.7. The van der Waals surface area contributed by atoms with Gasteiger partial charge in [-0.05, 0) is 69.7 Å². The Balaban J connectivity index is 0.00000603. The standard InChI is InChI=1S/C54H87N13O14.CO2/c1-55-52-59-44(34-40-17-15-39(16-18-40)33-41-35-62(2)23-24-64(36-47(71)72)25-26-65(37-48(73)74)29-32-67(41)38-49(75)76)60-53(61-52)66-30-27-63(28-31-66)22-12-8-6-4-3-5-7-9-14-45(68)56-21-11-10-13-42(50(77)78)57-54(81)58-43(51(79)80)19-20-46(69)70;2-1-3/h15-18,41-43H,3-14,19-38H2,1-2H3,(H,56,68)(H,69,70)(H,71,72)(H,73,74)(H,75,76)(H,77,78)(H,79,80)(H2,57,58,81)(H,55,59,60,61);/t41?,42-,43-;/m0./s1. The maximum absolute atomic E-state index is 12.3. The highest BCUT2D eigenvalue weighted by atomic mass is 16.4. The summed E-state index contributed by atoms with van der Waals surface area (Å²) < 4.78 is 0. The van der Waals surface area contributed by atoms with E-state index in [1.807, 2.05) is 36.2 Å². The van der Waals surface area contributed by atoms with Gasteiger partial charge in [0.1, 0.15) is 17.9 Å². The van der Waals surface area contributed by atoms with Crippen LogP contribution in [0.5, 0.6) is 0 Å². The molecule has 2 saturated heterocycles. The summed E-state index contributed by atoms with van der Waals surface area (Å²) in [7, 11) is 3.73. The molecule has 1 aromatic heterocycles. The van der Waals surface area contributed by atoms with Gasteiger partial charge in [0.2, 0.25) is 17.8 Å². The van der Waals surface area contributed by atoms with Crippen LogP contribution in [0.2, 0.25) is 0 Å². The number of benzene rings is 1. The van der Waals surface area contributed by atoms with Gasteiger partial charge in [-0.1, -0.05) is 62.8 Å². The fraction of sp³-hybridized carbons (Fsp3) is 0.673. The van der Waals surface area contributed by atoms with Crippen LogP contribution < -0.4 is 26.2 Å². The van der Waals surface area contributed by atoms with E-state index < -0.39 is 60.4 Å². The summed E-state index contributed by atoms with van der Waals surface area (Å²) in [6.45, 7) is 7.04. The Morgan fingerprint density at radius 3 is 1.67 bits per heavy atom. The normalized spacial score (nSPS) is 16.7. The van der Waals surface area contributed by atoms with E-state index in [0.29, 0.717) is 102 Å². The molecule has 2 aliphatic heterocycles. The number of likely N-dealkylation sites (N-methyl/N-ethyl adjacent to an activating group) is 1. The number of amides is 3. The van der Waals surface area contributed by atoms with Crippen LogP contribution in [-0.2, 0) is 56.0 Å². The third-order valence-corrected chi connectivity index (χ3v) is 14.5. The number of urea groups is 1. The molecule has 29 nitrogen and oxygen atoms in total. The molecule has 84 heavy (non-hydrogen) atoms. The number of aliphatic carboxylic acids is 6. The van der Waals surface area contributed by atoms with Gasteiger partial charge in [0, 0.05) is 111 Å². The Bertz CT molecular complexity index is 2410. The highest BCUT2D eigenvalue weighted by molar-refractivity contribution is 5.86. The van der Waals surface area contributed by atoms with Gasteiger partial charge in [-0.2, -0.15) is 24.5 Å². The number of hydrogen-bond donors (Lipinski definition) is 10. The number of aromatic nitrogens is 3. The van der Waals surface area contributed by atoms with Crippen LogP contribution in [-0.4, -0.2) is 261 Å². The lowest BCUT2D eigenvalue weighted by atomic mass is 10.0. The largest absolute Gasteiger partial charge is 0.481 e. The van der Waals surface area contributed by atoms with E-state index in [-0.39, 0.29) is 50.6 Å². The minimum absolute atomic E-state index is 0.0586. The Morgan fingerprint density at radius 2 is 1.11 bits per heavy atom. The third-order valence-electron chi connectivity index (χ3n) is 14.5. The van der Waals surface area contributed by atoms with Crippen molar-refractivity contribution in [3.63, 3.8) is 0 Å². The number of carboxylic acid groups (broad SMARTS) is 6. The van der Waals surface area contributed by atoms with Crippen LogP contribution in [0, 0.1) is 0 Å². The lowest BCUT2D eigenvalue weighted by molar-refractivity contribution is -0.192. The summed E-state index contributed by atoms with van der Waals surface area (Å²) in [4.78, 5) is 136. The number of rotatable bonds is 35. The van der Waals surface area contributed by atoms with Crippen molar-refractivity contribution in [1.82, 2.24) is 55.4 Å². The summed E-state index contributed by atoms with van der Waals surface area (Å²) in [5, 5.41) is 66.8. The second-order valence-electron chi connectivity index (χ2n) is 21.1. The number of unbranched alkanes of at least 4 members (excludes halogenated alkanes) is 8. The minimum atomic E-state index is -1.48. The smallest absolute Gasteiger partial charge is 0.373 e.